The molecule has 1 aromatic carbocycles. The van der Waals surface area contributed by atoms with Crippen LogP contribution in [0.4, 0.5) is 5.69 Å². The van der Waals surface area contributed by atoms with Crippen LogP contribution in [-0.4, -0.2) is 24.9 Å². The highest BCUT2D eigenvalue weighted by atomic mass is 16.5. The third-order valence-corrected chi connectivity index (χ3v) is 3.42. The molecule has 1 fully saturated rings. The minimum absolute atomic E-state index is 0.364. The second kappa shape index (κ2) is 4.96. The number of hydrogen-bond donors (Lipinski definition) is 2. The van der Waals surface area contributed by atoms with E-state index in [1.807, 2.05) is 26.0 Å². The van der Waals surface area contributed by atoms with E-state index >= 15 is 0 Å². The Bertz CT molecular complexity index is 399. The summed E-state index contributed by atoms with van der Waals surface area (Å²) in [5.74, 6) is 1.10. The highest BCUT2D eigenvalue weighted by Gasteiger charge is 2.31. The Labute approximate surface area is 103 Å². The van der Waals surface area contributed by atoms with E-state index in [0.29, 0.717) is 11.8 Å². The molecule has 1 atom stereocenters. The maximum Gasteiger partial charge on any atom is 0.118 e. The molecule has 0 amide bonds. The van der Waals surface area contributed by atoms with Crippen LogP contribution in [0.15, 0.2) is 12.1 Å². The number of aryl methyl sites for hydroxylation is 2. The standard InChI is InChI=1S/C14H21NO2/c1-9-7-14(16)10(2)6-12(9)15-13(8-17-3)11-4-5-11/h6-7,11,13,15-16H,4-5,8H2,1-3H3. The summed E-state index contributed by atoms with van der Waals surface area (Å²) in [4.78, 5) is 0. The first kappa shape index (κ1) is 12.2. The van der Waals surface area contributed by atoms with Crippen molar-refractivity contribution >= 4 is 5.69 Å². The van der Waals surface area contributed by atoms with Gasteiger partial charge in [0.25, 0.3) is 0 Å². The van der Waals surface area contributed by atoms with Crippen molar-refractivity contribution in [2.24, 2.45) is 5.92 Å². The second-order valence-electron chi connectivity index (χ2n) is 5.00. The molecule has 1 saturated carbocycles. The van der Waals surface area contributed by atoms with Crippen LogP contribution in [0.25, 0.3) is 0 Å². The SMILES string of the molecule is COCC(Nc1cc(C)c(O)cc1C)C1CC1. The molecule has 0 aromatic heterocycles. The van der Waals surface area contributed by atoms with Gasteiger partial charge in [0.2, 0.25) is 0 Å². The normalized spacial score (nSPS) is 16.9. The van der Waals surface area contributed by atoms with Crippen molar-refractivity contribution in [2.45, 2.75) is 32.7 Å². The predicted octanol–water partition coefficient (Wildman–Crippen LogP) is 2.85. The van der Waals surface area contributed by atoms with Crippen LogP contribution in [0.3, 0.4) is 0 Å². The van der Waals surface area contributed by atoms with E-state index < -0.39 is 0 Å². The molecule has 1 aliphatic carbocycles. The quantitative estimate of drug-likeness (QED) is 0.771. The third-order valence-electron chi connectivity index (χ3n) is 3.42. The van der Waals surface area contributed by atoms with Crippen LogP contribution < -0.4 is 5.32 Å². The van der Waals surface area contributed by atoms with Crippen molar-refractivity contribution in [3.8, 4) is 5.75 Å². The average Bonchev–Trinajstić information content (AvgIpc) is 3.08. The third kappa shape index (κ3) is 2.91. The van der Waals surface area contributed by atoms with Gasteiger partial charge in [0.1, 0.15) is 5.75 Å². The van der Waals surface area contributed by atoms with Gasteiger partial charge in [-0.3, -0.25) is 0 Å². The van der Waals surface area contributed by atoms with Crippen molar-refractivity contribution in [1.29, 1.82) is 0 Å². The minimum Gasteiger partial charge on any atom is -0.508 e. The fraction of sp³-hybridized carbons (Fsp3) is 0.571. The zero-order valence-electron chi connectivity index (χ0n) is 10.8. The van der Waals surface area contributed by atoms with Gasteiger partial charge in [-0.15, -0.1) is 0 Å². The first-order valence-electron chi connectivity index (χ1n) is 6.17. The highest BCUT2D eigenvalue weighted by molar-refractivity contribution is 5.57. The Morgan fingerprint density at radius 3 is 2.65 bits per heavy atom. The Morgan fingerprint density at radius 2 is 2.06 bits per heavy atom. The van der Waals surface area contributed by atoms with Crippen LogP contribution >= 0.6 is 0 Å². The van der Waals surface area contributed by atoms with Crippen molar-refractivity contribution in [3.05, 3.63) is 23.3 Å². The number of aromatic hydroxyl groups is 1. The van der Waals surface area contributed by atoms with Gasteiger partial charge in [-0.25, -0.2) is 0 Å². The van der Waals surface area contributed by atoms with E-state index in [-0.39, 0.29) is 0 Å². The molecule has 3 nitrogen and oxygen atoms in total. The molecule has 1 unspecified atom stereocenters. The zero-order chi connectivity index (χ0) is 12.4. The van der Waals surface area contributed by atoms with Gasteiger partial charge >= 0.3 is 0 Å². The first-order valence-corrected chi connectivity index (χ1v) is 6.17. The Morgan fingerprint density at radius 1 is 1.35 bits per heavy atom. The molecule has 3 heteroatoms. The molecule has 1 aliphatic rings. The van der Waals surface area contributed by atoms with E-state index in [1.54, 1.807) is 7.11 Å². The summed E-state index contributed by atoms with van der Waals surface area (Å²) in [6.07, 6.45) is 2.58. The summed E-state index contributed by atoms with van der Waals surface area (Å²) >= 11 is 0. The summed E-state index contributed by atoms with van der Waals surface area (Å²) < 4.78 is 5.26. The summed E-state index contributed by atoms with van der Waals surface area (Å²) in [7, 11) is 1.74. The van der Waals surface area contributed by atoms with Crippen molar-refractivity contribution in [2.75, 3.05) is 19.0 Å². The van der Waals surface area contributed by atoms with Crippen LogP contribution in [-0.2, 0) is 4.74 Å². The van der Waals surface area contributed by atoms with Crippen LogP contribution in [0, 0.1) is 19.8 Å². The van der Waals surface area contributed by atoms with E-state index in [0.717, 1.165) is 29.3 Å². The molecule has 0 aliphatic heterocycles. The van der Waals surface area contributed by atoms with Gasteiger partial charge in [0, 0.05) is 12.8 Å². The molecule has 1 aromatic rings. The first-order chi connectivity index (χ1) is 8.11. The smallest absolute Gasteiger partial charge is 0.118 e. The molecule has 17 heavy (non-hydrogen) atoms. The second-order valence-corrected chi connectivity index (χ2v) is 5.00. The van der Waals surface area contributed by atoms with Crippen LogP contribution in [0.5, 0.6) is 5.75 Å². The molecular weight excluding hydrogens is 214 g/mol. The van der Waals surface area contributed by atoms with Gasteiger partial charge in [-0.05, 0) is 55.9 Å². The van der Waals surface area contributed by atoms with E-state index in [1.165, 1.54) is 12.8 Å². The Balaban J connectivity index is 2.13. The van der Waals surface area contributed by atoms with Gasteiger partial charge in [-0.1, -0.05) is 0 Å². The largest absolute Gasteiger partial charge is 0.508 e. The average molecular weight is 235 g/mol. The molecule has 0 spiro atoms. The molecule has 0 saturated heterocycles. The van der Waals surface area contributed by atoms with Crippen molar-refractivity contribution in [1.82, 2.24) is 0 Å². The number of methoxy groups -OCH3 is 1. The molecule has 2 N–H and O–H groups in total. The molecule has 0 radical (unpaired) electrons. The predicted molar refractivity (Wildman–Crippen MR) is 69.6 cm³/mol. The lowest BCUT2D eigenvalue weighted by atomic mass is 10.1. The van der Waals surface area contributed by atoms with Gasteiger partial charge in [0.15, 0.2) is 0 Å². The summed E-state index contributed by atoms with van der Waals surface area (Å²) in [6, 6.07) is 4.21. The fourth-order valence-electron chi connectivity index (χ4n) is 2.13. The monoisotopic (exact) mass is 235 g/mol. The van der Waals surface area contributed by atoms with Crippen molar-refractivity contribution < 1.29 is 9.84 Å². The molecule has 2 rings (SSSR count). The van der Waals surface area contributed by atoms with E-state index in [2.05, 4.69) is 5.32 Å². The number of ether oxygens (including phenoxy) is 1. The number of hydrogen-bond acceptors (Lipinski definition) is 3. The van der Waals surface area contributed by atoms with E-state index in [9.17, 15) is 5.11 Å². The topological polar surface area (TPSA) is 41.5 Å². The maximum atomic E-state index is 9.63. The zero-order valence-corrected chi connectivity index (χ0v) is 10.8. The van der Waals surface area contributed by atoms with Gasteiger partial charge in [-0.2, -0.15) is 0 Å². The molecule has 94 valence electrons. The fourth-order valence-corrected chi connectivity index (χ4v) is 2.13. The number of phenolic OH excluding ortho intramolecular Hbond substituents is 1. The highest BCUT2D eigenvalue weighted by Crippen LogP contribution is 2.35. The summed E-state index contributed by atoms with van der Waals surface area (Å²) in [5.41, 5.74) is 3.09. The van der Waals surface area contributed by atoms with Crippen molar-refractivity contribution in [3.63, 3.8) is 0 Å². The minimum atomic E-state index is 0.364. The summed E-state index contributed by atoms with van der Waals surface area (Å²) in [5, 5.41) is 13.2. The lowest BCUT2D eigenvalue weighted by molar-refractivity contribution is 0.179. The van der Waals surface area contributed by atoms with Crippen LogP contribution in [0.1, 0.15) is 24.0 Å². The molecular formula is C14H21NO2. The molecule has 0 heterocycles. The Kier molecular flexibility index (Phi) is 3.57. The van der Waals surface area contributed by atoms with E-state index in [4.69, 9.17) is 4.74 Å². The van der Waals surface area contributed by atoms with Crippen LogP contribution in [0.2, 0.25) is 0 Å². The lowest BCUT2D eigenvalue weighted by Crippen LogP contribution is -2.27. The van der Waals surface area contributed by atoms with Gasteiger partial charge in [0.05, 0.1) is 12.6 Å². The molecule has 0 bridgehead atoms. The number of rotatable bonds is 5. The maximum absolute atomic E-state index is 9.63. The number of nitrogens with one attached hydrogen (secondary N) is 1. The number of phenols is 1. The number of benzene rings is 1. The Hall–Kier alpha value is -1.22. The van der Waals surface area contributed by atoms with Gasteiger partial charge < -0.3 is 15.2 Å². The summed E-state index contributed by atoms with van der Waals surface area (Å²) in [6.45, 7) is 4.67. The lowest BCUT2D eigenvalue weighted by Gasteiger charge is -2.20. The number of anilines is 1.